The van der Waals surface area contributed by atoms with E-state index in [4.69, 9.17) is 18.6 Å². The van der Waals surface area contributed by atoms with Gasteiger partial charge in [-0.1, -0.05) is 6.92 Å². The molecule has 0 amide bonds. The lowest BCUT2D eigenvalue weighted by Gasteiger charge is -2.10. The molecule has 3 aromatic rings. The van der Waals surface area contributed by atoms with Crippen molar-refractivity contribution in [1.29, 1.82) is 0 Å². The first-order chi connectivity index (χ1) is 13.0. The molecule has 0 saturated carbocycles. The molecule has 27 heavy (non-hydrogen) atoms. The summed E-state index contributed by atoms with van der Waals surface area (Å²) < 4.78 is 21.7. The van der Waals surface area contributed by atoms with Crippen molar-refractivity contribution < 1.29 is 23.4 Å². The fraction of sp³-hybridized carbons (Fsp3) is 0.238. The zero-order chi connectivity index (χ0) is 19.4. The van der Waals surface area contributed by atoms with E-state index >= 15 is 0 Å². The molecule has 2 aromatic carbocycles. The smallest absolute Gasteiger partial charge is 0.338 e. The maximum atomic E-state index is 12.7. The Labute approximate surface area is 156 Å². The SMILES string of the molecule is CCCOC(=O)c1ccc(Oc2c(C)oc3cc(OC)ccc3c2=O)cc1. The molecule has 0 radical (unpaired) electrons. The topological polar surface area (TPSA) is 75.0 Å². The first-order valence-corrected chi connectivity index (χ1v) is 8.60. The standard InChI is InChI=1S/C21H20O6/c1-4-11-25-21(23)14-5-7-15(8-6-14)27-20-13(2)26-18-12-16(24-3)9-10-17(18)19(20)22/h5-10,12H,4,11H2,1-3H3. The Bertz CT molecular complexity index is 1020. The number of ether oxygens (including phenoxy) is 3. The summed E-state index contributed by atoms with van der Waals surface area (Å²) in [6, 6.07) is 11.4. The van der Waals surface area contributed by atoms with Crippen molar-refractivity contribution in [3.05, 3.63) is 64.0 Å². The molecule has 0 aliphatic carbocycles. The van der Waals surface area contributed by atoms with Crippen molar-refractivity contribution in [3.63, 3.8) is 0 Å². The van der Waals surface area contributed by atoms with Gasteiger partial charge in [-0.3, -0.25) is 4.79 Å². The molecule has 0 atom stereocenters. The molecule has 0 bridgehead atoms. The van der Waals surface area contributed by atoms with Crippen molar-refractivity contribution in [1.82, 2.24) is 0 Å². The van der Waals surface area contributed by atoms with Crippen LogP contribution >= 0.6 is 0 Å². The third-order valence-electron chi connectivity index (χ3n) is 3.97. The Balaban J connectivity index is 1.88. The number of rotatable bonds is 6. The third kappa shape index (κ3) is 3.95. The molecule has 0 fully saturated rings. The van der Waals surface area contributed by atoms with Crippen molar-refractivity contribution in [3.8, 4) is 17.2 Å². The fourth-order valence-electron chi connectivity index (χ4n) is 2.57. The average Bonchev–Trinajstić information content (AvgIpc) is 2.69. The second kappa shape index (κ2) is 7.95. The Hall–Kier alpha value is -3.28. The number of methoxy groups -OCH3 is 1. The van der Waals surface area contributed by atoms with Gasteiger partial charge in [-0.05, 0) is 49.7 Å². The summed E-state index contributed by atoms with van der Waals surface area (Å²) in [4.78, 5) is 24.6. The number of fused-ring (bicyclic) bond motifs is 1. The van der Waals surface area contributed by atoms with E-state index in [1.165, 1.54) is 0 Å². The van der Waals surface area contributed by atoms with Gasteiger partial charge in [-0.15, -0.1) is 0 Å². The van der Waals surface area contributed by atoms with E-state index in [0.29, 0.717) is 40.4 Å². The quantitative estimate of drug-likeness (QED) is 0.598. The van der Waals surface area contributed by atoms with Gasteiger partial charge in [0.05, 0.1) is 24.7 Å². The minimum atomic E-state index is -0.390. The van der Waals surface area contributed by atoms with Gasteiger partial charge in [-0.25, -0.2) is 4.79 Å². The minimum absolute atomic E-state index is 0.106. The number of hydrogen-bond acceptors (Lipinski definition) is 6. The molecule has 6 heteroatoms. The second-order valence-corrected chi connectivity index (χ2v) is 5.94. The Morgan fingerprint density at radius 1 is 1.07 bits per heavy atom. The predicted molar refractivity (Wildman–Crippen MR) is 101 cm³/mol. The van der Waals surface area contributed by atoms with Crippen LogP contribution < -0.4 is 14.9 Å². The first kappa shape index (κ1) is 18.5. The van der Waals surface area contributed by atoms with Crippen LogP contribution in [-0.4, -0.2) is 19.7 Å². The van der Waals surface area contributed by atoms with Crippen molar-refractivity contribution in [2.75, 3.05) is 13.7 Å². The molecule has 1 heterocycles. The van der Waals surface area contributed by atoms with E-state index < -0.39 is 5.97 Å². The van der Waals surface area contributed by atoms with Crippen LogP contribution in [0, 0.1) is 6.92 Å². The van der Waals surface area contributed by atoms with E-state index in [0.717, 1.165) is 6.42 Å². The van der Waals surface area contributed by atoms with Crippen LogP contribution in [0.2, 0.25) is 0 Å². The summed E-state index contributed by atoms with van der Waals surface area (Å²) in [5.41, 5.74) is 0.575. The highest BCUT2D eigenvalue weighted by molar-refractivity contribution is 5.89. The third-order valence-corrected chi connectivity index (χ3v) is 3.97. The second-order valence-electron chi connectivity index (χ2n) is 5.94. The Morgan fingerprint density at radius 3 is 2.44 bits per heavy atom. The molecule has 0 saturated heterocycles. The summed E-state index contributed by atoms with van der Waals surface area (Å²) in [7, 11) is 1.55. The van der Waals surface area contributed by atoms with Gasteiger partial charge < -0.3 is 18.6 Å². The number of esters is 1. The highest BCUT2D eigenvalue weighted by Gasteiger charge is 2.15. The minimum Gasteiger partial charge on any atom is -0.497 e. The normalized spacial score (nSPS) is 10.6. The van der Waals surface area contributed by atoms with Gasteiger partial charge in [0.25, 0.3) is 0 Å². The van der Waals surface area contributed by atoms with Gasteiger partial charge in [0.2, 0.25) is 11.2 Å². The highest BCUT2D eigenvalue weighted by atomic mass is 16.5. The summed E-state index contributed by atoms with van der Waals surface area (Å²) in [5.74, 6) is 1.09. The van der Waals surface area contributed by atoms with Crippen LogP contribution in [-0.2, 0) is 4.74 Å². The zero-order valence-electron chi connectivity index (χ0n) is 15.4. The van der Waals surface area contributed by atoms with Crippen LogP contribution in [0.4, 0.5) is 0 Å². The lowest BCUT2D eigenvalue weighted by molar-refractivity contribution is 0.0505. The first-order valence-electron chi connectivity index (χ1n) is 8.60. The summed E-state index contributed by atoms with van der Waals surface area (Å²) in [6.45, 7) is 3.96. The van der Waals surface area contributed by atoms with Gasteiger partial charge in [0.1, 0.15) is 22.8 Å². The van der Waals surface area contributed by atoms with Crippen LogP contribution in [0.25, 0.3) is 11.0 Å². The molecule has 0 unspecified atom stereocenters. The molecular formula is C21H20O6. The summed E-state index contributed by atoms with van der Waals surface area (Å²) >= 11 is 0. The molecule has 6 nitrogen and oxygen atoms in total. The largest absolute Gasteiger partial charge is 0.497 e. The lowest BCUT2D eigenvalue weighted by atomic mass is 10.2. The molecule has 140 valence electrons. The summed E-state index contributed by atoms with van der Waals surface area (Å²) in [5, 5.41) is 0.399. The monoisotopic (exact) mass is 368 g/mol. The van der Waals surface area contributed by atoms with Gasteiger partial charge in [0.15, 0.2) is 0 Å². The van der Waals surface area contributed by atoms with E-state index in [9.17, 15) is 9.59 Å². The number of aryl methyl sites for hydroxylation is 1. The maximum Gasteiger partial charge on any atom is 0.338 e. The zero-order valence-corrected chi connectivity index (χ0v) is 15.4. The molecule has 1 aromatic heterocycles. The van der Waals surface area contributed by atoms with Crippen molar-refractivity contribution >= 4 is 16.9 Å². The molecule has 3 rings (SSSR count). The molecule has 0 aliphatic heterocycles. The number of carbonyl (C=O) groups excluding carboxylic acids is 1. The van der Waals surface area contributed by atoms with E-state index in [1.54, 1.807) is 56.5 Å². The lowest BCUT2D eigenvalue weighted by Crippen LogP contribution is -2.08. The molecule has 0 aliphatic rings. The van der Waals surface area contributed by atoms with E-state index in [1.807, 2.05) is 6.92 Å². The fourth-order valence-corrected chi connectivity index (χ4v) is 2.57. The van der Waals surface area contributed by atoms with Gasteiger partial charge >= 0.3 is 5.97 Å². The molecular weight excluding hydrogens is 348 g/mol. The van der Waals surface area contributed by atoms with E-state index in [2.05, 4.69) is 0 Å². The number of benzene rings is 2. The Morgan fingerprint density at radius 2 is 1.78 bits per heavy atom. The van der Waals surface area contributed by atoms with Gasteiger partial charge in [-0.2, -0.15) is 0 Å². The Kier molecular flexibility index (Phi) is 5.45. The molecule has 0 spiro atoms. The summed E-state index contributed by atoms with van der Waals surface area (Å²) in [6.07, 6.45) is 0.760. The highest BCUT2D eigenvalue weighted by Crippen LogP contribution is 2.27. The van der Waals surface area contributed by atoms with Crippen LogP contribution in [0.3, 0.4) is 0 Å². The maximum absolute atomic E-state index is 12.7. The van der Waals surface area contributed by atoms with E-state index in [-0.39, 0.29) is 11.2 Å². The van der Waals surface area contributed by atoms with Crippen LogP contribution in [0.15, 0.2) is 51.7 Å². The molecule has 0 N–H and O–H groups in total. The van der Waals surface area contributed by atoms with Crippen molar-refractivity contribution in [2.45, 2.75) is 20.3 Å². The van der Waals surface area contributed by atoms with Gasteiger partial charge in [0, 0.05) is 6.07 Å². The number of hydrogen-bond donors (Lipinski definition) is 0. The average molecular weight is 368 g/mol. The van der Waals surface area contributed by atoms with Crippen molar-refractivity contribution in [2.24, 2.45) is 0 Å². The predicted octanol–water partition coefficient (Wildman–Crippen LogP) is 4.47. The van der Waals surface area contributed by atoms with Crippen LogP contribution in [0.1, 0.15) is 29.5 Å². The van der Waals surface area contributed by atoms with Crippen LogP contribution in [0.5, 0.6) is 17.2 Å². The number of carbonyl (C=O) groups is 1.